The SMILES string of the molecule is N#CC(C#N)=NNc1ccc(Oc2ccc(Cl)cc2)cc1. The van der Waals surface area contributed by atoms with Gasteiger partial charge in [-0.1, -0.05) is 11.6 Å². The number of anilines is 1. The minimum Gasteiger partial charge on any atom is -0.457 e. The summed E-state index contributed by atoms with van der Waals surface area (Å²) in [6.07, 6.45) is 0. The summed E-state index contributed by atoms with van der Waals surface area (Å²) in [5, 5.41) is 21.4. The normalized spacial score (nSPS) is 9.10. The van der Waals surface area contributed by atoms with Crippen LogP contribution >= 0.6 is 11.6 Å². The molecule has 0 unspecified atom stereocenters. The standard InChI is InChI=1S/C15H9ClN4O/c16-11-1-5-14(6-2-11)21-15-7-3-12(4-8-15)19-20-13(9-17)10-18/h1-8,19H. The fourth-order valence-electron chi connectivity index (χ4n) is 1.43. The van der Waals surface area contributed by atoms with Crippen molar-refractivity contribution in [3.05, 3.63) is 53.6 Å². The molecule has 2 aromatic carbocycles. The highest BCUT2D eigenvalue weighted by molar-refractivity contribution is 6.30. The van der Waals surface area contributed by atoms with Crippen LogP contribution < -0.4 is 10.2 Å². The van der Waals surface area contributed by atoms with Gasteiger partial charge in [0.15, 0.2) is 0 Å². The number of nitrogens with zero attached hydrogens (tertiary/aromatic N) is 3. The molecule has 0 amide bonds. The average Bonchev–Trinajstić information content (AvgIpc) is 2.52. The summed E-state index contributed by atoms with van der Waals surface area (Å²) >= 11 is 5.80. The molecular formula is C15H9ClN4O. The molecule has 0 aromatic heterocycles. The van der Waals surface area contributed by atoms with E-state index in [4.69, 9.17) is 26.9 Å². The van der Waals surface area contributed by atoms with E-state index in [-0.39, 0.29) is 5.71 Å². The van der Waals surface area contributed by atoms with E-state index >= 15 is 0 Å². The van der Waals surface area contributed by atoms with Gasteiger partial charge in [-0.25, -0.2) is 0 Å². The van der Waals surface area contributed by atoms with E-state index in [1.54, 1.807) is 60.7 Å². The van der Waals surface area contributed by atoms with Crippen LogP contribution in [0.25, 0.3) is 0 Å². The maximum atomic E-state index is 8.56. The number of nitriles is 2. The van der Waals surface area contributed by atoms with Crippen molar-refractivity contribution in [2.45, 2.75) is 0 Å². The van der Waals surface area contributed by atoms with Gasteiger partial charge < -0.3 is 4.74 Å². The summed E-state index contributed by atoms with van der Waals surface area (Å²) in [6.45, 7) is 0. The number of hydrogen-bond donors (Lipinski definition) is 1. The third kappa shape index (κ3) is 4.24. The number of rotatable bonds is 4. The van der Waals surface area contributed by atoms with Gasteiger partial charge in [0.25, 0.3) is 0 Å². The molecule has 21 heavy (non-hydrogen) atoms. The minimum absolute atomic E-state index is 0.239. The maximum Gasteiger partial charge on any atom is 0.237 e. The zero-order valence-electron chi connectivity index (χ0n) is 10.7. The van der Waals surface area contributed by atoms with E-state index in [2.05, 4.69) is 10.5 Å². The largest absolute Gasteiger partial charge is 0.457 e. The van der Waals surface area contributed by atoms with Crippen molar-refractivity contribution in [1.82, 2.24) is 0 Å². The number of hydrogen-bond acceptors (Lipinski definition) is 5. The van der Waals surface area contributed by atoms with Gasteiger partial charge in [0.2, 0.25) is 5.71 Å². The van der Waals surface area contributed by atoms with Gasteiger partial charge in [-0.2, -0.15) is 15.6 Å². The van der Waals surface area contributed by atoms with Crippen LogP contribution in [0.1, 0.15) is 0 Å². The zero-order chi connectivity index (χ0) is 15.1. The molecule has 0 heterocycles. The molecule has 0 saturated heterocycles. The van der Waals surface area contributed by atoms with E-state index in [1.807, 2.05) is 0 Å². The van der Waals surface area contributed by atoms with E-state index in [1.165, 1.54) is 0 Å². The number of halogens is 1. The van der Waals surface area contributed by atoms with Crippen LogP contribution in [0.15, 0.2) is 53.6 Å². The monoisotopic (exact) mass is 296 g/mol. The second-order valence-electron chi connectivity index (χ2n) is 3.88. The first-order valence-corrected chi connectivity index (χ1v) is 6.26. The Morgan fingerprint density at radius 2 is 1.48 bits per heavy atom. The highest BCUT2D eigenvalue weighted by Gasteiger charge is 1.99. The highest BCUT2D eigenvalue weighted by atomic mass is 35.5. The van der Waals surface area contributed by atoms with Crippen LogP contribution in [0.3, 0.4) is 0 Å². The van der Waals surface area contributed by atoms with Crippen LogP contribution in [-0.2, 0) is 0 Å². The fourth-order valence-corrected chi connectivity index (χ4v) is 1.56. The molecule has 1 N–H and O–H groups in total. The van der Waals surface area contributed by atoms with Crippen molar-refractivity contribution in [2.24, 2.45) is 5.10 Å². The van der Waals surface area contributed by atoms with Crippen LogP contribution in [0.2, 0.25) is 5.02 Å². The Hall–Kier alpha value is -3.02. The second-order valence-corrected chi connectivity index (χ2v) is 4.31. The molecule has 0 radical (unpaired) electrons. The Labute approximate surface area is 126 Å². The number of hydrazone groups is 1. The van der Waals surface area contributed by atoms with Crippen LogP contribution in [-0.4, -0.2) is 5.71 Å². The molecule has 0 fully saturated rings. The smallest absolute Gasteiger partial charge is 0.237 e. The van der Waals surface area contributed by atoms with Crippen molar-refractivity contribution in [3.8, 4) is 23.6 Å². The predicted octanol–water partition coefficient (Wildman–Crippen LogP) is 3.95. The molecule has 0 bridgehead atoms. The number of nitrogens with one attached hydrogen (secondary N) is 1. The predicted molar refractivity (Wildman–Crippen MR) is 80.3 cm³/mol. The molecule has 0 aliphatic rings. The van der Waals surface area contributed by atoms with Gasteiger partial charge in [-0.3, -0.25) is 5.43 Å². The molecule has 0 saturated carbocycles. The summed E-state index contributed by atoms with van der Waals surface area (Å²) in [6, 6.07) is 17.3. The van der Waals surface area contributed by atoms with Crippen LogP contribution in [0.5, 0.6) is 11.5 Å². The quantitative estimate of drug-likeness (QED) is 0.684. The van der Waals surface area contributed by atoms with Crippen molar-refractivity contribution in [1.29, 1.82) is 10.5 Å². The first-order valence-electron chi connectivity index (χ1n) is 5.88. The molecule has 0 atom stereocenters. The molecule has 2 aromatic rings. The fraction of sp³-hybridized carbons (Fsp3) is 0. The summed E-state index contributed by atoms with van der Waals surface area (Å²) < 4.78 is 5.63. The van der Waals surface area contributed by atoms with Gasteiger partial charge in [-0.15, -0.1) is 0 Å². The lowest BCUT2D eigenvalue weighted by atomic mass is 10.3. The maximum absolute atomic E-state index is 8.56. The van der Waals surface area contributed by atoms with E-state index in [9.17, 15) is 0 Å². The minimum atomic E-state index is -0.239. The Morgan fingerprint density at radius 1 is 0.952 bits per heavy atom. The lowest BCUT2D eigenvalue weighted by molar-refractivity contribution is 0.483. The lowest BCUT2D eigenvalue weighted by Crippen LogP contribution is -1.96. The van der Waals surface area contributed by atoms with Crippen molar-refractivity contribution < 1.29 is 4.74 Å². The molecule has 0 spiro atoms. The Bertz CT molecular complexity index is 708. The van der Waals surface area contributed by atoms with Gasteiger partial charge in [-0.05, 0) is 48.5 Å². The van der Waals surface area contributed by atoms with Crippen LogP contribution in [0, 0.1) is 22.7 Å². The Morgan fingerprint density at radius 3 is 2.00 bits per heavy atom. The summed E-state index contributed by atoms with van der Waals surface area (Å²) in [7, 11) is 0. The van der Waals surface area contributed by atoms with Crippen LogP contribution in [0.4, 0.5) is 5.69 Å². The molecule has 102 valence electrons. The average molecular weight is 297 g/mol. The Balaban J connectivity index is 2.03. The van der Waals surface area contributed by atoms with Gasteiger partial charge in [0.05, 0.1) is 5.69 Å². The topological polar surface area (TPSA) is 81.2 Å². The molecule has 5 nitrogen and oxygen atoms in total. The van der Waals surface area contributed by atoms with Crippen molar-refractivity contribution in [3.63, 3.8) is 0 Å². The molecular weight excluding hydrogens is 288 g/mol. The van der Waals surface area contributed by atoms with Gasteiger partial charge in [0, 0.05) is 5.02 Å². The molecule has 2 rings (SSSR count). The third-order valence-electron chi connectivity index (χ3n) is 2.41. The van der Waals surface area contributed by atoms with Gasteiger partial charge in [0.1, 0.15) is 23.6 Å². The Kier molecular flexibility index (Phi) is 4.76. The van der Waals surface area contributed by atoms with E-state index < -0.39 is 0 Å². The first kappa shape index (κ1) is 14.4. The zero-order valence-corrected chi connectivity index (χ0v) is 11.5. The summed E-state index contributed by atoms with van der Waals surface area (Å²) in [5.74, 6) is 1.32. The first-order chi connectivity index (χ1) is 10.2. The molecule has 0 aliphatic carbocycles. The van der Waals surface area contributed by atoms with Gasteiger partial charge >= 0.3 is 0 Å². The highest BCUT2D eigenvalue weighted by Crippen LogP contribution is 2.24. The number of benzene rings is 2. The van der Waals surface area contributed by atoms with Crippen molar-refractivity contribution >= 4 is 23.0 Å². The molecule has 0 aliphatic heterocycles. The lowest BCUT2D eigenvalue weighted by Gasteiger charge is -2.06. The summed E-state index contributed by atoms with van der Waals surface area (Å²) in [4.78, 5) is 0. The van der Waals surface area contributed by atoms with E-state index in [0.717, 1.165) is 0 Å². The summed E-state index contributed by atoms with van der Waals surface area (Å²) in [5.41, 5.74) is 3.02. The van der Waals surface area contributed by atoms with E-state index in [0.29, 0.717) is 22.2 Å². The second kappa shape index (κ2) is 6.95. The molecule has 6 heteroatoms. The van der Waals surface area contributed by atoms with Crippen molar-refractivity contribution in [2.75, 3.05) is 5.43 Å². The third-order valence-corrected chi connectivity index (χ3v) is 2.66. The number of ether oxygens (including phenoxy) is 1.